The number of anilines is 1. The summed E-state index contributed by atoms with van der Waals surface area (Å²) < 4.78 is 2.30. The van der Waals surface area contributed by atoms with Crippen LogP contribution in [0.3, 0.4) is 0 Å². The Kier molecular flexibility index (Phi) is 2.64. The molecular formula is C18H15N3. The number of nitrogens with zero attached hydrogens (tertiary/aromatic N) is 2. The lowest BCUT2D eigenvalue weighted by Crippen LogP contribution is -2.04. The summed E-state index contributed by atoms with van der Waals surface area (Å²) >= 11 is 0. The highest BCUT2D eigenvalue weighted by Gasteiger charge is 2.10. The van der Waals surface area contributed by atoms with E-state index in [-0.39, 0.29) is 0 Å². The molecule has 0 amide bonds. The predicted octanol–water partition coefficient (Wildman–Crippen LogP) is 3.82. The summed E-state index contributed by atoms with van der Waals surface area (Å²) in [6, 6.07) is 20.9. The molecular weight excluding hydrogens is 258 g/mol. The number of hydrogen-bond donors (Lipinski definition) is 1. The normalized spacial score (nSPS) is 11.2. The van der Waals surface area contributed by atoms with Crippen molar-refractivity contribution in [3.63, 3.8) is 0 Å². The average Bonchev–Trinajstić information content (AvgIpc) is 2.85. The molecule has 0 spiro atoms. The maximum Gasteiger partial charge on any atom is 0.128 e. The Hall–Kier alpha value is -2.81. The molecule has 4 aromatic rings. The van der Waals surface area contributed by atoms with Crippen molar-refractivity contribution in [3.8, 4) is 0 Å². The number of aromatic nitrogens is 2. The summed E-state index contributed by atoms with van der Waals surface area (Å²) in [5.74, 6) is 0.597. The van der Waals surface area contributed by atoms with Crippen LogP contribution < -0.4 is 5.73 Å². The van der Waals surface area contributed by atoms with Crippen LogP contribution in [0, 0.1) is 0 Å². The molecule has 0 aliphatic carbocycles. The molecule has 0 aliphatic rings. The summed E-state index contributed by atoms with van der Waals surface area (Å²) in [7, 11) is 0. The molecule has 0 aliphatic heterocycles. The first-order chi connectivity index (χ1) is 10.3. The van der Waals surface area contributed by atoms with Gasteiger partial charge in [0.25, 0.3) is 0 Å². The van der Waals surface area contributed by atoms with Gasteiger partial charge in [-0.3, -0.25) is 0 Å². The van der Waals surface area contributed by atoms with Crippen molar-refractivity contribution >= 4 is 27.6 Å². The molecule has 3 heteroatoms. The van der Waals surface area contributed by atoms with Gasteiger partial charge >= 0.3 is 0 Å². The molecule has 3 nitrogen and oxygen atoms in total. The van der Waals surface area contributed by atoms with Gasteiger partial charge in [0, 0.05) is 33.6 Å². The maximum absolute atomic E-state index is 6.00. The van der Waals surface area contributed by atoms with Crippen molar-refractivity contribution in [1.82, 2.24) is 9.55 Å². The minimum absolute atomic E-state index is 0.597. The van der Waals surface area contributed by atoms with Gasteiger partial charge in [0.15, 0.2) is 0 Å². The number of nitrogen functional groups attached to an aromatic ring is 1. The Morgan fingerprint density at radius 2 is 1.43 bits per heavy atom. The van der Waals surface area contributed by atoms with E-state index in [4.69, 9.17) is 5.73 Å². The highest BCUT2D eigenvalue weighted by molar-refractivity contribution is 6.08. The minimum Gasteiger partial charge on any atom is -0.383 e. The van der Waals surface area contributed by atoms with Crippen LogP contribution in [0.4, 0.5) is 5.82 Å². The smallest absolute Gasteiger partial charge is 0.128 e. The van der Waals surface area contributed by atoms with Crippen LogP contribution in [-0.4, -0.2) is 9.55 Å². The Labute approximate surface area is 122 Å². The van der Waals surface area contributed by atoms with Gasteiger partial charge in [0.1, 0.15) is 5.82 Å². The van der Waals surface area contributed by atoms with E-state index < -0.39 is 0 Å². The molecule has 0 bridgehead atoms. The van der Waals surface area contributed by atoms with Gasteiger partial charge in [-0.25, -0.2) is 4.98 Å². The monoisotopic (exact) mass is 273 g/mol. The summed E-state index contributed by atoms with van der Waals surface area (Å²) in [5, 5.41) is 2.55. The van der Waals surface area contributed by atoms with Crippen molar-refractivity contribution in [2.45, 2.75) is 6.54 Å². The summed E-state index contributed by atoms with van der Waals surface area (Å²) in [4.78, 5) is 4.18. The molecule has 2 heterocycles. The van der Waals surface area contributed by atoms with Crippen molar-refractivity contribution < 1.29 is 0 Å². The van der Waals surface area contributed by atoms with Crippen LogP contribution >= 0.6 is 0 Å². The van der Waals surface area contributed by atoms with Gasteiger partial charge in [-0.1, -0.05) is 42.5 Å². The Bertz CT molecular complexity index is 884. The molecule has 4 rings (SSSR count). The number of rotatable bonds is 2. The molecule has 21 heavy (non-hydrogen) atoms. The lowest BCUT2D eigenvalue weighted by Gasteiger charge is -2.09. The van der Waals surface area contributed by atoms with E-state index in [9.17, 15) is 0 Å². The van der Waals surface area contributed by atoms with Crippen molar-refractivity contribution in [3.05, 3.63) is 72.4 Å². The Morgan fingerprint density at radius 1 is 0.810 bits per heavy atom. The number of fused-ring (bicyclic) bond motifs is 3. The van der Waals surface area contributed by atoms with E-state index in [1.54, 1.807) is 6.20 Å². The molecule has 0 radical (unpaired) electrons. The molecule has 2 aromatic carbocycles. The van der Waals surface area contributed by atoms with E-state index in [2.05, 4.69) is 58.1 Å². The third kappa shape index (κ3) is 1.86. The van der Waals surface area contributed by atoms with Crippen LogP contribution in [0.15, 0.2) is 66.9 Å². The molecule has 2 N–H and O–H groups in total. The van der Waals surface area contributed by atoms with E-state index >= 15 is 0 Å². The zero-order valence-corrected chi connectivity index (χ0v) is 11.5. The first-order valence-corrected chi connectivity index (χ1v) is 7.00. The number of pyridine rings is 1. The summed E-state index contributed by atoms with van der Waals surface area (Å²) in [5.41, 5.74) is 9.49. The quantitative estimate of drug-likeness (QED) is 0.603. The standard InChI is InChI=1S/C18H15N3/c19-18-13(6-5-11-20-18)12-21-16-9-3-1-7-14(16)15-8-2-4-10-17(15)21/h1-11H,12H2,(H2,19,20). The van der Waals surface area contributed by atoms with Gasteiger partial charge in [0.2, 0.25) is 0 Å². The van der Waals surface area contributed by atoms with E-state index in [1.807, 2.05) is 12.1 Å². The first kappa shape index (κ1) is 12.0. The van der Waals surface area contributed by atoms with Gasteiger partial charge in [-0.2, -0.15) is 0 Å². The fourth-order valence-corrected chi connectivity index (χ4v) is 2.93. The van der Waals surface area contributed by atoms with Crippen molar-refractivity contribution in [2.75, 3.05) is 5.73 Å². The van der Waals surface area contributed by atoms with Crippen LogP contribution in [0.25, 0.3) is 21.8 Å². The minimum atomic E-state index is 0.597. The third-order valence-electron chi connectivity index (χ3n) is 3.93. The highest BCUT2D eigenvalue weighted by Crippen LogP contribution is 2.29. The summed E-state index contributed by atoms with van der Waals surface area (Å²) in [6.45, 7) is 0.730. The maximum atomic E-state index is 6.00. The fourth-order valence-electron chi connectivity index (χ4n) is 2.93. The molecule has 0 saturated heterocycles. The van der Waals surface area contributed by atoms with Crippen molar-refractivity contribution in [1.29, 1.82) is 0 Å². The predicted molar refractivity (Wildman–Crippen MR) is 87.2 cm³/mol. The van der Waals surface area contributed by atoms with Gasteiger partial charge < -0.3 is 10.3 Å². The second kappa shape index (κ2) is 4.63. The van der Waals surface area contributed by atoms with Crippen LogP contribution in [0.5, 0.6) is 0 Å². The zero-order valence-electron chi connectivity index (χ0n) is 11.5. The molecule has 0 fully saturated rings. The second-order valence-corrected chi connectivity index (χ2v) is 5.17. The van der Waals surface area contributed by atoms with Gasteiger partial charge in [0.05, 0.1) is 6.54 Å². The lowest BCUT2D eigenvalue weighted by atomic mass is 10.2. The molecule has 0 atom stereocenters. The van der Waals surface area contributed by atoms with E-state index in [0.717, 1.165) is 12.1 Å². The Morgan fingerprint density at radius 3 is 2.05 bits per heavy atom. The average molecular weight is 273 g/mol. The molecule has 0 unspecified atom stereocenters. The van der Waals surface area contributed by atoms with Crippen LogP contribution in [0.2, 0.25) is 0 Å². The molecule has 102 valence electrons. The SMILES string of the molecule is Nc1ncccc1Cn1c2ccccc2c2ccccc21. The zero-order chi connectivity index (χ0) is 14.2. The number of nitrogens with two attached hydrogens (primary N) is 1. The molecule has 0 saturated carbocycles. The van der Waals surface area contributed by atoms with E-state index in [0.29, 0.717) is 5.82 Å². The van der Waals surface area contributed by atoms with Crippen molar-refractivity contribution in [2.24, 2.45) is 0 Å². The number of para-hydroxylation sites is 2. The third-order valence-corrected chi connectivity index (χ3v) is 3.93. The fraction of sp³-hybridized carbons (Fsp3) is 0.0556. The van der Waals surface area contributed by atoms with Gasteiger partial charge in [-0.15, -0.1) is 0 Å². The number of benzene rings is 2. The largest absolute Gasteiger partial charge is 0.383 e. The summed E-state index contributed by atoms with van der Waals surface area (Å²) in [6.07, 6.45) is 1.73. The topological polar surface area (TPSA) is 43.8 Å². The van der Waals surface area contributed by atoms with E-state index in [1.165, 1.54) is 21.8 Å². The highest BCUT2D eigenvalue weighted by atomic mass is 15.0. The second-order valence-electron chi connectivity index (χ2n) is 5.17. The lowest BCUT2D eigenvalue weighted by molar-refractivity contribution is 0.866. The molecule has 2 aromatic heterocycles. The Balaban J connectivity index is 2.00. The van der Waals surface area contributed by atoms with Crippen LogP contribution in [-0.2, 0) is 6.54 Å². The number of hydrogen-bond acceptors (Lipinski definition) is 2. The van der Waals surface area contributed by atoms with Crippen LogP contribution in [0.1, 0.15) is 5.56 Å². The van der Waals surface area contributed by atoms with Gasteiger partial charge in [-0.05, 0) is 18.2 Å². The first-order valence-electron chi connectivity index (χ1n) is 7.00.